The molecule has 0 amide bonds. The van der Waals surface area contributed by atoms with Crippen LogP contribution < -0.4 is 5.73 Å². The quantitative estimate of drug-likeness (QED) is 0.443. The van der Waals surface area contributed by atoms with E-state index in [1.165, 1.54) is 0 Å². The van der Waals surface area contributed by atoms with Crippen LogP contribution in [0.25, 0.3) is 0 Å². The summed E-state index contributed by atoms with van der Waals surface area (Å²) in [5, 5.41) is 8.51. The maximum absolute atomic E-state index is 5.52. The van der Waals surface area contributed by atoms with E-state index in [0.717, 1.165) is 17.3 Å². The molecule has 1 aromatic rings. The molecule has 0 saturated carbocycles. The van der Waals surface area contributed by atoms with Crippen LogP contribution >= 0.6 is 11.8 Å². The van der Waals surface area contributed by atoms with Crippen LogP contribution in [0, 0.1) is 11.8 Å². The van der Waals surface area contributed by atoms with Gasteiger partial charge in [-0.1, -0.05) is 11.8 Å². The highest BCUT2D eigenvalue weighted by atomic mass is 32.2. The third-order valence-corrected chi connectivity index (χ3v) is 2.53. The van der Waals surface area contributed by atoms with Gasteiger partial charge in [0.1, 0.15) is 0 Å². The van der Waals surface area contributed by atoms with Crippen LogP contribution in [0.4, 0.5) is 5.95 Å². The molecule has 0 fully saturated rings. The zero-order valence-corrected chi connectivity index (χ0v) is 8.56. The molecular formula is C8H12N4S. The fraction of sp³-hybridized carbons (Fsp3) is 0.500. The van der Waals surface area contributed by atoms with Crippen molar-refractivity contribution in [3.05, 3.63) is 0 Å². The third kappa shape index (κ3) is 2.67. The summed E-state index contributed by atoms with van der Waals surface area (Å²) in [6.45, 7) is 1.84. The van der Waals surface area contributed by atoms with Crippen LogP contribution in [0.2, 0.25) is 0 Å². The van der Waals surface area contributed by atoms with E-state index in [-0.39, 0.29) is 0 Å². The number of nitrogen functional groups attached to an aromatic ring is 1. The first kappa shape index (κ1) is 9.93. The number of anilines is 1. The molecule has 13 heavy (non-hydrogen) atoms. The van der Waals surface area contributed by atoms with Crippen LogP contribution in [0.1, 0.15) is 13.3 Å². The molecule has 0 aromatic carbocycles. The Morgan fingerprint density at radius 1 is 1.54 bits per heavy atom. The second-order valence-corrected chi connectivity index (χ2v) is 3.49. The van der Waals surface area contributed by atoms with Gasteiger partial charge in [-0.25, -0.2) is 0 Å². The van der Waals surface area contributed by atoms with Crippen LogP contribution in [0.3, 0.4) is 0 Å². The first-order valence-corrected chi connectivity index (χ1v) is 4.91. The summed E-state index contributed by atoms with van der Waals surface area (Å²) in [6.07, 6.45) is 0.869. The number of hydrogen-bond donors (Lipinski definition) is 1. The molecular weight excluding hydrogens is 184 g/mol. The lowest BCUT2D eigenvalue weighted by Gasteiger charge is -1.97. The maximum Gasteiger partial charge on any atom is 0.222 e. The smallest absolute Gasteiger partial charge is 0.222 e. The average Bonchev–Trinajstić information content (AvgIpc) is 2.43. The highest BCUT2D eigenvalue weighted by Gasteiger charge is 2.04. The van der Waals surface area contributed by atoms with E-state index < -0.39 is 0 Å². The molecule has 0 radical (unpaired) electrons. The molecule has 0 atom stereocenters. The van der Waals surface area contributed by atoms with Crippen LogP contribution in [-0.4, -0.2) is 20.5 Å². The van der Waals surface area contributed by atoms with E-state index in [0.29, 0.717) is 5.95 Å². The molecule has 70 valence electrons. The third-order valence-electron chi connectivity index (χ3n) is 1.50. The van der Waals surface area contributed by atoms with Gasteiger partial charge in [0.25, 0.3) is 0 Å². The molecule has 0 aliphatic rings. The molecule has 1 heterocycles. The molecule has 5 heteroatoms. The number of thioether (sulfide) groups is 1. The second kappa shape index (κ2) is 4.77. The summed E-state index contributed by atoms with van der Waals surface area (Å²) in [4.78, 5) is 0. The van der Waals surface area contributed by atoms with Crippen LogP contribution in [0.15, 0.2) is 5.16 Å². The summed E-state index contributed by atoms with van der Waals surface area (Å²) in [5.41, 5.74) is 5.52. The Balaban J connectivity index is 2.44. The summed E-state index contributed by atoms with van der Waals surface area (Å²) in [5.74, 6) is 7.20. The number of rotatable bonds is 3. The van der Waals surface area contributed by atoms with Gasteiger partial charge in [0.2, 0.25) is 5.95 Å². The molecule has 2 N–H and O–H groups in total. The van der Waals surface area contributed by atoms with Gasteiger partial charge < -0.3 is 5.73 Å². The molecule has 0 aliphatic carbocycles. The Hall–Kier alpha value is -1.15. The highest BCUT2D eigenvalue weighted by Crippen LogP contribution is 2.16. The van der Waals surface area contributed by atoms with Gasteiger partial charge in [-0.2, -0.15) is 0 Å². The lowest BCUT2D eigenvalue weighted by Crippen LogP contribution is -1.98. The van der Waals surface area contributed by atoms with Gasteiger partial charge in [0.15, 0.2) is 5.16 Å². The van der Waals surface area contributed by atoms with Gasteiger partial charge in [-0.05, 0) is 6.92 Å². The predicted molar refractivity (Wildman–Crippen MR) is 54.2 cm³/mol. The summed E-state index contributed by atoms with van der Waals surface area (Å²) >= 11 is 1.61. The Kier molecular flexibility index (Phi) is 3.65. The van der Waals surface area contributed by atoms with E-state index in [2.05, 4.69) is 22.0 Å². The van der Waals surface area contributed by atoms with E-state index in [9.17, 15) is 0 Å². The predicted octanol–water partition coefficient (Wildman–Crippen LogP) is 0.903. The van der Waals surface area contributed by atoms with Crippen molar-refractivity contribution in [2.24, 2.45) is 7.05 Å². The zero-order valence-electron chi connectivity index (χ0n) is 7.74. The van der Waals surface area contributed by atoms with Gasteiger partial charge in [0, 0.05) is 19.2 Å². The summed E-state index contributed by atoms with van der Waals surface area (Å²) in [6, 6.07) is 0. The average molecular weight is 196 g/mol. The standard InChI is InChI=1S/C8H12N4S/c1-3-4-5-6-13-8-11-10-7(9)12(8)2/h5-6H2,1-2H3,(H2,9,10). The van der Waals surface area contributed by atoms with Crippen molar-refractivity contribution in [1.29, 1.82) is 0 Å². The molecule has 0 aliphatic heterocycles. The molecule has 0 spiro atoms. The fourth-order valence-electron chi connectivity index (χ4n) is 0.770. The van der Waals surface area contributed by atoms with Crippen molar-refractivity contribution in [3.63, 3.8) is 0 Å². The van der Waals surface area contributed by atoms with Gasteiger partial charge in [-0.15, -0.1) is 22.0 Å². The van der Waals surface area contributed by atoms with E-state index in [1.54, 1.807) is 16.3 Å². The van der Waals surface area contributed by atoms with Crippen molar-refractivity contribution in [3.8, 4) is 11.8 Å². The minimum atomic E-state index is 0.448. The summed E-state index contributed by atoms with van der Waals surface area (Å²) < 4.78 is 1.77. The number of nitrogens with two attached hydrogens (primary N) is 1. The topological polar surface area (TPSA) is 56.7 Å². The van der Waals surface area contributed by atoms with Gasteiger partial charge >= 0.3 is 0 Å². The normalized spacial score (nSPS) is 9.38. The van der Waals surface area contributed by atoms with Crippen molar-refractivity contribution >= 4 is 17.7 Å². The van der Waals surface area contributed by atoms with Crippen molar-refractivity contribution in [2.75, 3.05) is 11.5 Å². The van der Waals surface area contributed by atoms with Crippen molar-refractivity contribution in [1.82, 2.24) is 14.8 Å². The first-order valence-electron chi connectivity index (χ1n) is 3.93. The Bertz CT molecular complexity index is 334. The van der Waals surface area contributed by atoms with Gasteiger partial charge in [0.05, 0.1) is 0 Å². The van der Waals surface area contributed by atoms with Crippen molar-refractivity contribution in [2.45, 2.75) is 18.5 Å². The minimum absolute atomic E-state index is 0.448. The minimum Gasteiger partial charge on any atom is -0.368 e. The molecule has 1 aromatic heterocycles. The fourth-order valence-corrected chi connectivity index (χ4v) is 1.54. The summed E-state index contributed by atoms with van der Waals surface area (Å²) in [7, 11) is 1.85. The largest absolute Gasteiger partial charge is 0.368 e. The van der Waals surface area contributed by atoms with E-state index >= 15 is 0 Å². The maximum atomic E-state index is 5.52. The number of aromatic nitrogens is 3. The van der Waals surface area contributed by atoms with Gasteiger partial charge in [-0.3, -0.25) is 4.57 Å². The molecule has 0 unspecified atom stereocenters. The van der Waals surface area contributed by atoms with Crippen LogP contribution in [0.5, 0.6) is 0 Å². The van der Waals surface area contributed by atoms with E-state index in [1.807, 2.05) is 14.0 Å². The van der Waals surface area contributed by atoms with Crippen LogP contribution in [-0.2, 0) is 7.05 Å². The Morgan fingerprint density at radius 3 is 2.85 bits per heavy atom. The zero-order chi connectivity index (χ0) is 9.68. The molecule has 0 saturated heterocycles. The lowest BCUT2D eigenvalue weighted by molar-refractivity contribution is 0.796. The Labute approximate surface area is 81.9 Å². The highest BCUT2D eigenvalue weighted by molar-refractivity contribution is 7.99. The number of nitrogens with zero attached hydrogens (tertiary/aromatic N) is 3. The first-order chi connectivity index (χ1) is 6.25. The SMILES string of the molecule is CC#CCCSc1nnc(N)n1C. The second-order valence-electron chi connectivity index (χ2n) is 2.43. The van der Waals surface area contributed by atoms with E-state index in [4.69, 9.17) is 5.73 Å². The lowest BCUT2D eigenvalue weighted by atomic mass is 10.5. The molecule has 4 nitrogen and oxygen atoms in total. The Morgan fingerprint density at radius 2 is 2.31 bits per heavy atom. The molecule has 1 rings (SSSR count). The monoisotopic (exact) mass is 196 g/mol. The number of hydrogen-bond acceptors (Lipinski definition) is 4. The van der Waals surface area contributed by atoms with Crippen molar-refractivity contribution < 1.29 is 0 Å². The molecule has 0 bridgehead atoms.